The lowest BCUT2D eigenvalue weighted by Crippen LogP contribution is -2.63. The number of halogens is 1. The second-order valence-corrected chi connectivity index (χ2v) is 7.54. The van der Waals surface area contributed by atoms with Crippen molar-refractivity contribution in [3.63, 3.8) is 0 Å². The number of esters is 1. The number of carbonyl (C=O) groups is 4. The van der Waals surface area contributed by atoms with Crippen LogP contribution in [0.4, 0.5) is 4.79 Å². The Morgan fingerprint density at radius 2 is 1.89 bits per heavy atom. The molecule has 0 radical (unpaired) electrons. The minimum atomic E-state index is -0.646. The first-order chi connectivity index (χ1) is 13.3. The molecule has 1 saturated heterocycles. The molecule has 1 aromatic carbocycles. The molecule has 1 fully saturated rings. The monoisotopic (exact) mass is 424 g/mol. The third-order valence-corrected chi connectivity index (χ3v) is 5.59. The summed E-state index contributed by atoms with van der Waals surface area (Å²) in [6, 6.07) is 5.11. The number of Topliss-reactive ketones (excluding diaryl/α,β-unsaturated/α-hetero) is 1. The highest BCUT2D eigenvalue weighted by atomic mass is 35.5. The molecular formula is C17H17ClN4O5S. The van der Waals surface area contributed by atoms with E-state index >= 15 is 0 Å². The molecule has 0 bridgehead atoms. The summed E-state index contributed by atoms with van der Waals surface area (Å²) in [5, 5.41) is 3.20. The minimum Gasteiger partial charge on any atom is -0.457 e. The molecule has 9 nitrogen and oxygen atoms in total. The molecule has 0 saturated carbocycles. The number of amides is 3. The number of fused-ring (bicyclic) bond motifs is 1. The molecule has 148 valence electrons. The van der Waals surface area contributed by atoms with Crippen LogP contribution in [0.5, 0.6) is 0 Å². The standard InChI is InChI=1S/C17H17ClN4O5S/c1-21-13-14(22(2)16(26)20-15(13)25)19-17(21)28-8-12(24)27-7-11(23)9-3-5-10(18)6-4-9/h3-6,13-14H,7-8H2,1-2H3,(H,20,25,26). The van der Waals surface area contributed by atoms with E-state index in [0.29, 0.717) is 15.8 Å². The van der Waals surface area contributed by atoms with Crippen molar-refractivity contribution in [3.05, 3.63) is 34.9 Å². The summed E-state index contributed by atoms with van der Waals surface area (Å²) in [5.41, 5.74) is 0.396. The lowest BCUT2D eigenvalue weighted by atomic mass is 10.1. The lowest BCUT2D eigenvalue weighted by Gasteiger charge is -2.34. The fraction of sp³-hybridized carbons (Fsp3) is 0.353. The van der Waals surface area contributed by atoms with Gasteiger partial charge in [0.25, 0.3) is 5.91 Å². The van der Waals surface area contributed by atoms with Gasteiger partial charge in [0, 0.05) is 24.7 Å². The molecule has 3 amide bonds. The van der Waals surface area contributed by atoms with Crippen molar-refractivity contribution in [1.82, 2.24) is 15.1 Å². The van der Waals surface area contributed by atoms with E-state index in [4.69, 9.17) is 16.3 Å². The van der Waals surface area contributed by atoms with E-state index in [-0.39, 0.29) is 18.1 Å². The molecule has 3 rings (SSSR count). The number of nitrogens with one attached hydrogen (secondary N) is 1. The van der Waals surface area contributed by atoms with Crippen molar-refractivity contribution in [2.75, 3.05) is 26.5 Å². The zero-order valence-electron chi connectivity index (χ0n) is 15.0. The van der Waals surface area contributed by atoms with Gasteiger partial charge in [0.15, 0.2) is 29.8 Å². The Hall–Kier alpha value is -2.59. The van der Waals surface area contributed by atoms with Crippen LogP contribution in [-0.2, 0) is 14.3 Å². The number of likely N-dealkylation sites (N-methyl/N-ethyl adjacent to an activating group) is 2. The van der Waals surface area contributed by atoms with Crippen LogP contribution in [0, 0.1) is 0 Å². The largest absolute Gasteiger partial charge is 0.457 e. The molecule has 0 spiro atoms. The van der Waals surface area contributed by atoms with Crippen LogP contribution in [0.3, 0.4) is 0 Å². The van der Waals surface area contributed by atoms with Gasteiger partial charge in [-0.05, 0) is 24.3 Å². The Morgan fingerprint density at radius 3 is 2.57 bits per heavy atom. The Bertz CT molecular complexity index is 860. The van der Waals surface area contributed by atoms with Gasteiger partial charge in [-0.3, -0.25) is 19.7 Å². The van der Waals surface area contributed by atoms with Crippen LogP contribution in [-0.4, -0.2) is 77.3 Å². The number of hydrogen-bond acceptors (Lipinski definition) is 8. The predicted octanol–water partition coefficient (Wildman–Crippen LogP) is 0.977. The Labute approximate surface area is 170 Å². The van der Waals surface area contributed by atoms with Gasteiger partial charge >= 0.3 is 12.0 Å². The number of aliphatic imine (C=N–C) groups is 1. The first-order valence-electron chi connectivity index (χ1n) is 8.23. The Balaban J connectivity index is 1.52. The van der Waals surface area contributed by atoms with E-state index in [0.717, 1.165) is 11.8 Å². The van der Waals surface area contributed by atoms with Crippen LogP contribution in [0.1, 0.15) is 10.4 Å². The zero-order chi connectivity index (χ0) is 20.4. The highest BCUT2D eigenvalue weighted by Gasteiger charge is 2.47. The number of nitrogens with zero attached hydrogens (tertiary/aromatic N) is 3. The highest BCUT2D eigenvalue weighted by molar-refractivity contribution is 8.14. The molecule has 1 aromatic rings. The third kappa shape index (κ3) is 4.12. The van der Waals surface area contributed by atoms with Crippen molar-refractivity contribution < 1.29 is 23.9 Å². The number of ketones is 1. The lowest BCUT2D eigenvalue weighted by molar-refractivity contribution is -0.139. The maximum Gasteiger partial charge on any atom is 0.325 e. The Kier molecular flexibility index (Phi) is 5.90. The predicted molar refractivity (Wildman–Crippen MR) is 103 cm³/mol. The summed E-state index contributed by atoms with van der Waals surface area (Å²) in [5.74, 6) is -1.46. The van der Waals surface area contributed by atoms with Crippen LogP contribution in [0.15, 0.2) is 29.3 Å². The van der Waals surface area contributed by atoms with Crippen LogP contribution < -0.4 is 5.32 Å². The van der Waals surface area contributed by atoms with Crippen molar-refractivity contribution in [2.24, 2.45) is 4.99 Å². The number of thioether (sulfide) groups is 1. The van der Waals surface area contributed by atoms with Crippen molar-refractivity contribution in [3.8, 4) is 0 Å². The van der Waals surface area contributed by atoms with Gasteiger partial charge in [-0.25, -0.2) is 9.79 Å². The molecule has 2 unspecified atom stereocenters. The minimum absolute atomic E-state index is 0.0875. The van der Waals surface area contributed by atoms with Crippen molar-refractivity contribution in [1.29, 1.82) is 0 Å². The number of ether oxygens (including phenoxy) is 1. The molecule has 0 aromatic heterocycles. The van der Waals surface area contributed by atoms with E-state index in [1.54, 1.807) is 43.3 Å². The van der Waals surface area contributed by atoms with E-state index in [9.17, 15) is 19.2 Å². The summed E-state index contributed by atoms with van der Waals surface area (Å²) in [7, 11) is 3.20. The average molecular weight is 425 g/mol. The summed E-state index contributed by atoms with van der Waals surface area (Å²) in [6.07, 6.45) is -0.642. The normalized spacial score (nSPS) is 21.2. The first kappa shape index (κ1) is 20.2. The number of urea groups is 1. The second-order valence-electron chi connectivity index (χ2n) is 6.17. The summed E-state index contributed by atoms with van der Waals surface area (Å²) in [6.45, 7) is -0.381. The number of benzene rings is 1. The molecule has 11 heteroatoms. The molecule has 2 heterocycles. The van der Waals surface area contributed by atoms with E-state index in [2.05, 4.69) is 10.3 Å². The summed E-state index contributed by atoms with van der Waals surface area (Å²) < 4.78 is 5.00. The van der Waals surface area contributed by atoms with E-state index in [1.165, 1.54) is 4.90 Å². The third-order valence-electron chi connectivity index (χ3n) is 4.31. The first-order valence-corrected chi connectivity index (χ1v) is 9.59. The zero-order valence-corrected chi connectivity index (χ0v) is 16.6. The molecule has 28 heavy (non-hydrogen) atoms. The van der Waals surface area contributed by atoms with Gasteiger partial charge < -0.3 is 14.5 Å². The number of amidine groups is 1. The number of imide groups is 1. The maximum absolute atomic E-state index is 12.0. The number of rotatable bonds is 5. The SMILES string of the molecule is CN1C(=O)NC(=O)C2C1N=C(SCC(=O)OCC(=O)c1ccc(Cl)cc1)N2C. The van der Waals surface area contributed by atoms with Gasteiger partial charge in [0.1, 0.15) is 0 Å². The fourth-order valence-corrected chi connectivity index (χ4v) is 3.72. The van der Waals surface area contributed by atoms with Gasteiger partial charge in [-0.15, -0.1) is 0 Å². The maximum atomic E-state index is 12.0. The molecule has 0 aliphatic carbocycles. The fourth-order valence-electron chi connectivity index (χ4n) is 2.76. The van der Waals surface area contributed by atoms with E-state index < -0.39 is 30.1 Å². The summed E-state index contributed by atoms with van der Waals surface area (Å²) in [4.78, 5) is 55.0. The quantitative estimate of drug-likeness (QED) is 0.554. The molecular weight excluding hydrogens is 408 g/mol. The van der Waals surface area contributed by atoms with Crippen LogP contribution in [0.2, 0.25) is 5.02 Å². The van der Waals surface area contributed by atoms with Gasteiger partial charge in [0.2, 0.25) is 0 Å². The molecule has 2 atom stereocenters. The topological polar surface area (TPSA) is 108 Å². The highest BCUT2D eigenvalue weighted by Crippen LogP contribution is 2.26. The Morgan fingerprint density at radius 1 is 1.21 bits per heavy atom. The molecule has 2 aliphatic rings. The second kappa shape index (κ2) is 8.19. The van der Waals surface area contributed by atoms with E-state index in [1.807, 2.05) is 0 Å². The van der Waals surface area contributed by atoms with Crippen molar-refractivity contribution >= 4 is 52.2 Å². The number of carbonyl (C=O) groups excluding carboxylic acids is 4. The molecule has 2 aliphatic heterocycles. The van der Waals surface area contributed by atoms with Crippen LogP contribution >= 0.6 is 23.4 Å². The van der Waals surface area contributed by atoms with Crippen molar-refractivity contribution in [2.45, 2.75) is 12.2 Å². The number of hydrogen-bond donors (Lipinski definition) is 1. The van der Waals surface area contributed by atoms with Crippen LogP contribution in [0.25, 0.3) is 0 Å². The average Bonchev–Trinajstić information content (AvgIpc) is 3.00. The van der Waals surface area contributed by atoms with Gasteiger partial charge in [-0.1, -0.05) is 23.4 Å². The smallest absolute Gasteiger partial charge is 0.325 e. The molecule has 1 N–H and O–H groups in total. The van der Waals surface area contributed by atoms with Gasteiger partial charge in [-0.2, -0.15) is 0 Å². The summed E-state index contributed by atoms with van der Waals surface area (Å²) >= 11 is 6.84. The van der Waals surface area contributed by atoms with Gasteiger partial charge in [0.05, 0.1) is 5.75 Å².